The summed E-state index contributed by atoms with van der Waals surface area (Å²) in [5.74, 6) is -0.810. The third-order valence-electron chi connectivity index (χ3n) is 4.25. The number of carbonyl (C=O) groups excluding carboxylic acids is 2. The third-order valence-corrected chi connectivity index (χ3v) is 4.25. The van der Waals surface area contributed by atoms with Crippen LogP contribution in [0.4, 0.5) is 0 Å². The average Bonchev–Trinajstić information content (AvgIpc) is 2.67. The lowest BCUT2D eigenvalue weighted by atomic mass is 9.94. The van der Waals surface area contributed by atoms with Gasteiger partial charge in [-0.1, -0.05) is 48.5 Å². The maximum Gasteiger partial charge on any atom is 0.379 e. The van der Waals surface area contributed by atoms with Crippen LogP contribution < -0.4 is 4.74 Å². The monoisotopic (exact) mass is 348 g/mol. The van der Waals surface area contributed by atoms with Crippen molar-refractivity contribution in [1.82, 2.24) is 0 Å². The van der Waals surface area contributed by atoms with Crippen LogP contribution in [-0.2, 0) is 16.0 Å². The molecule has 0 aliphatic rings. The number of ether oxygens (including phenoxy) is 2. The van der Waals surface area contributed by atoms with Gasteiger partial charge in [-0.25, -0.2) is 4.79 Å². The van der Waals surface area contributed by atoms with E-state index in [4.69, 9.17) is 9.47 Å². The topological polar surface area (TPSA) is 52.6 Å². The maximum absolute atomic E-state index is 12.5. The molecule has 0 aliphatic carbocycles. The normalized spacial score (nSPS) is 10.5. The molecular weight excluding hydrogens is 328 g/mol. The van der Waals surface area contributed by atoms with Gasteiger partial charge in [-0.15, -0.1) is 0 Å². The van der Waals surface area contributed by atoms with Crippen molar-refractivity contribution in [3.8, 4) is 5.75 Å². The predicted octanol–water partition coefficient (Wildman–Crippen LogP) is 4.19. The second-order valence-corrected chi connectivity index (χ2v) is 5.87. The molecule has 3 rings (SSSR count). The molecule has 0 atom stereocenters. The summed E-state index contributed by atoms with van der Waals surface area (Å²) in [6.07, 6.45) is 0.700. The van der Waals surface area contributed by atoms with Crippen LogP contribution in [0.3, 0.4) is 0 Å². The van der Waals surface area contributed by atoms with Crippen molar-refractivity contribution < 1.29 is 19.1 Å². The second kappa shape index (κ2) is 7.83. The molecule has 0 saturated heterocycles. The number of hydrogen-bond acceptors (Lipinski definition) is 4. The van der Waals surface area contributed by atoms with Crippen molar-refractivity contribution >= 4 is 22.5 Å². The van der Waals surface area contributed by atoms with Crippen molar-refractivity contribution in [3.05, 3.63) is 77.4 Å². The highest BCUT2D eigenvalue weighted by atomic mass is 16.5. The van der Waals surface area contributed by atoms with E-state index < -0.39 is 11.8 Å². The Bertz CT molecular complexity index is 945. The van der Waals surface area contributed by atoms with Gasteiger partial charge in [0, 0.05) is 10.9 Å². The first-order valence-corrected chi connectivity index (χ1v) is 8.49. The molecule has 3 aromatic rings. The van der Waals surface area contributed by atoms with Gasteiger partial charge in [-0.2, -0.15) is 0 Å². The Morgan fingerprint density at radius 2 is 1.69 bits per heavy atom. The van der Waals surface area contributed by atoms with E-state index >= 15 is 0 Å². The van der Waals surface area contributed by atoms with E-state index in [1.54, 1.807) is 26.2 Å². The molecule has 0 unspecified atom stereocenters. The maximum atomic E-state index is 12.5. The van der Waals surface area contributed by atoms with Crippen LogP contribution >= 0.6 is 0 Å². The van der Waals surface area contributed by atoms with Gasteiger partial charge in [0.1, 0.15) is 5.75 Å². The van der Waals surface area contributed by atoms with Crippen molar-refractivity contribution in [1.29, 1.82) is 0 Å². The average molecular weight is 348 g/mol. The van der Waals surface area contributed by atoms with E-state index in [0.29, 0.717) is 23.1 Å². The summed E-state index contributed by atoms with van der Waals surface area (Å²) >= 11 is 0. The first kappa shape index (κ1) is 17.7. The first-order chi connectivity index (χ1) is 12.7. The Hall–Kier alpha value is -3.14. The standard InChI is InChI=1S/C22H20O4/c1-3-26-22(24)21(23)18-12-13-19(25-2)20-16(10-7-11-17(18)20)14-15-8-5-4-6-9-15/h4-13H,3,14H2,1-2H3. The van der Waals surface area contributed by atoms with Gasteiger partial charge in [-0.05, 0) is 42.0 Å². The van der Waals surface area contributed by atoms with Crippen molar-refractivity contribution in [2.24, 2.45) is 0 Å². The molecule has 0 fully saturated rings. The SMILES string of the molecule is CCOC(=O)C(=O)c1ccc(OC)c2c(Cc3ccccc3)cccc12. The lowest BCUT2D eigenvalue weighted by Crippen LogP contribution is -2.18. The lowest BCUT2D eigenvalue weighted by Gasteiger charge is -2.14. The van der Waals surface area contributed by atoms with Gasteiger partial charge < -0.3 is 9.47 Å². The van der Waals surface area contributed by atoms with E-state index in [-0.39, 0.29) is 6.61 Å². The minimum absolute atomic E-state index is 0.165. The third kappa shape index (κ3) is 3.45. The van der Waals surface area contributed by atoms with Gasteiger partial charge in [0.25, 0.3) is 5.78 Å². The van der Waals surface area contributed by atoms with Gasteiger partial charge in [0.15, 0.2) is 0 Å². The molecule has 0 N–H and O–H groups in total. The molecule has 0 radical (unpaired) electrons. The van der Waals surface area contributed by atoms with Crippen molar-refractivity contribution in [2.45, 2.75) is 13.3 Å². The molecule has 0 aromatic heterocycles. The summed E-state index contributed by atoms with van der Waals surface area (Å²) in [5, 5.41) is 1.53. The van der Waals surface area contributed by atoms with Gasteiger partial charge >= 0.3 is 5.97 Å². The smallest absolute Gasteiger partial charge is 0.379 e. The fraction of sp³-hybridized carbons (Fsp3) is 0.182. The zero-order chi connectivity index (χ0) is 18.5. The fourth-order valence-corrected chi connectivity index (χ4v) is 3.09. The molecular formula is C22H20O4. The molecule has 0 saturated carbocycles. The van der Waals surface area contributed by atoms with E-state index in [1.165, 1.54) is 0 Å². The number of rotatable bonds is 6. The lowest BCUT2D eigenvalue weighted by molar-refractivity contribution is -0.137. The van der Waals surface area contributed by atoms with Crippen LogP contribution in [0, 0.1) is 0 Å². The van der Waals surface area contributed by atoms with Crippen LogP contribution in [0.1, 0.15) is 28.4 Å². The molecule has 4 heteroatoms. The Kier molecular flexibility index (Phi) is 5.32. The van der Waals surface area contributed by atoms with E-state index in [0.717, 1.165) is 16.5 Å². The molecule has 132 valence electrons. The van der Waals surface area contributed by atoms with E-state index in [1.807, 2.05) is 36.4 Å². The number of ketones is 1. The quantitative estimate of drug-likeness (QED) is 0.381. The van der Waals surface area contributed by atoms with Crippen LogP contribution in [0.2, 0.25) is 0 Å². The Balaban J connectivity index is 2.15. The van der Waals surface area contributed by atoms with E-state index in [2.05, 4.69) is 12.1 Å². The Morgan fingerprint density at radius 1 is 0.923 bits per heavy atom. The zero-order valence-electron chi connectivity index (χ0n) is 14.8. The zero-order valence-corrected chi connectivity index (χ0v) is 14.8. The minimum atomic E-state index is -0.840. The fourth-order valence-electron chi connectivity index (χ4n) is 3.09. The number of methoxy groups -OCH3 is 1. The van der Waals surface area contributed by atoms with Crippen LogP contribution in [0.25, 0.3) is 10.8 Å². The molecule has 0 amide bonds. The summed E-state index contributed by atoms with van der Waals surface area (Å²) in [4.78, 5) is 24.4. The minimum Gasteiger partial charge on any atom is -0.496 e. The highest BCUT2D eigenvalue weighted by Crippen LogP contribution is 2.33. The molecule has 0 bridgehead atoms. The Morgan fingerprint density at radius 3 is 2.38 bits per heavy atom. The first-order valence-electron chi connectivity index (χ1n) is 8.49. The number of Topliss-reactive ketones (excluding diaryl/α,β-unsaturated/α-hetero) is 1. The second-order valence-electron chi connectivity index (χ2n) is 5.87. The molecule has 26 heavy (non-hydrogen) atoms. The van der Waals surface area contributed by atoms with Crippen LogP contribution in [0.15, 0.2) is 60.7 Å². The van der Waals surface area contributed by atoms with Gasteiger partial charge in [0.05, 0.1) is 13.7 Å². The van der Waals surface area contributed by atoms with Gasteiger partial charge in [-0.3, -0.25) is 4.79 Å². The van der Waals surface area contributed by atoms with Crippen LogP contribution in [-0.4, -0.2) is 25.5 Å². The van der Waals surface area contributed by atoms with Crippen LogP contribution in [0.5, 0.6) is 5.75 Å². The molecule has 3 aromatic carbocycles. The summed E-state index contributed by atoms with van der Waals surface area (Å²) in [6.45, 7) is 1.84. The summed E-state index contributed by atoms with van der Waals surface area (Å²) in [5.41, 5.74) is 2.52. The van der Waals surface area contributed by atoms with Crippen molar-refractivity contribution in [2.75, 3.05) is 13.7 Å². The summed E-state index contributed by atoms with van der Waals surface area (Å²) in [6, 6.07) is 19.1. The molecule has 0 spiro atoms. The summed E-state index contributed by atoms with van der Waals surface area (Å²) < 4.78 is 10.4. The number of benzene rings is 3. The molecule has 0 aliphatic heterocycles. The Labute approximate surface area is 152 Å². The van der Waals surface area contributed by atoms with Crippen molar-refractivity contribution in [3.63, 3.8) is 0 Å². The summed E-state index contributed by atoms with van der Waals surface area (Å²) in [7, 11) is 1.60. The predicted molar refractivity (Wildman–Crippen MR) is 101 cm³/mol. The van der Waals surface area contributed by atoms with E-state index in [9.17, 15) is 9.59 Å². The highest BCUT2D eigenvalue weighted by Gasteiger charge is 2.22. The number of esters is 1. The largest absolute Gasteiger partial charge is 0.496 e. The number of hydrogen-bond donors (Lipinski definition) is 0. The number of fused-ring (bicyclic) bond motifs is 1. The molecule has 4 nitrogen and oxygen atoms in total. The number of carbonyl (C=O) groups is 2. The molecule has 0 heterocycles. The highest BCUT2D eigenvalue weighted by molar-refractivity contribution is 6.43. The van der Waals surface area contributed by atoms with Gasteiger partial charge in [0.2, 0.25) is 0 Å².